The standard InChI is InChI=1S/C10H19N3O3/c1-2-16-7-3-6-12-9(14)10(4-5-10)8(11)13-15/h15H,2-7H2,1H3,(H2,11,13)(H,12,14). The van der Waals surface area contributed by atoms with Gasteiger partial charge >= 0.3 is 0 Å². The van der Waals surface area contributed by atoms with E-state index in [4.69, 9.17) is 15.7 Å². The quantitative estimate of drug-likeness (QED) is 0.189. The van der Waals surface area contributed by atoms with Crippen LogP contribution in [-0.2, 0) is 9.53 Å². The number of hydrogen-bond acceptors (Lipinski definition) is 4. The molecular weight excluding hydrogens is 210 g/mol. The number of nitrogens with two attached hydrogens (primary N) is 1. The van der Waals surface area contributed by atoms with E-state index < -0.39 is 5.41 Å². The molecule has 0 unspecified atom stereocenters. The minimum Gasteiger partial charge on any atom is -0.409 e. The van der Waals surface area contributed by atoms with Gasteiger partial charge in [0.05, 0.1) is 0 Å². The molecule has 0 aromatic heterocycles. The molecule has 6 nitrogen and oxygen atoms in total. The lowest BCUT2D eigenvalue weighted by Gasteiger charge is -2.13. The summed E-state index contributed by atoms with van der Waals surface area (Å²) in [6.07, 6.45) is 2.08. The number of carbonyl (C=O) groups excluding carboxylic acids is 1. The number of nitrogens with zero attached hydrogens (tertiary/aromatic N) is 1. The largest absolute Gasteiger partial charge is 0.409 e. The van der Waals surface area contributed by atoms with Crippen molar-refractivity contribution in [3.63, 3.8) is 0 Å². The summed E-state index contributed by atoms with van der Waals surface area (Å²) >= 11 is 0. The molecule has 0 bridgehead atoms. The molecule has 92 valence electrons. The molecule has 0 saturated heterocycles. The summed E-state index contributed by atoms with van der Waals surface area (Å²) in [5, 5.41) is 14.2. The Labute approximate surface area is 94.8 Å². The maximum absolute atomic E-state index is 11.7. The molecule has 1 rings (SSSR count). The first-order chi connectivity index (χ1) is 7.67. The zero-order chi connectivity index (χ0) is 12.0. The third kappa shape index (κ3) is 2.85. The second kappa shape index (κ2) is 5.69. The van der Waals surface area contributed by atoms with Crippen molar-refractivity contribution in [1.29, 1.82) is 0 Å². The first kappa shape index (κ1) is 12.8. The van der Waals surface area contributed by atoms with Gasteiger partial charge in [0.2, 0.25) is 5.91 Å². The molecule has 1 aliphatic carbocycles. The molecule has 1 aliphatic rings. The van der Waals surface area contributed by atoms with E-state index in [1.165, 1.54) is 0 Å². The van der Waals surface area contributed by atoms with Gasteiger partial charge in [-0.3, -0.25) is 4.79 Å². The highest BCUT2D eigenvalue weighted by Crippen LogP contribution is 2.45. The Bertz CT molecular complexity index is 274. The van der Waals surface area contributed by atoms with Crippen molar-refractivity contribution in [2.45, 2.75) is 26.2 Å². The molecule has 0 aromatic carbocycles. The molecule has 6 heteroatoms. The predicted molar refractivity (Wildman–Crippen MR) is 59.2 cm³/mol. The topological polar surface area (TPSA) is 96.9 Å². The van der Waals surface area contributed by atoms with Crippen LogP contribution in [-0.4, -0.2) is 36.7 Å². The van der Waals surface area contributed by atoms with Crippen molar-refractivity contribution in [2.75, 3.05) is 19.8 Å². The molecule has 0 spiro atoms. The second-order valence-electron chi connectivity index (χ2n) is 3.87. The summed E-state index contributed by atoms with van der Waals surface area (Å²) in [5.41, 5.74) is 4.73. The summed E-state index contributed by atoms with van der Waals surface area (Å²) in [5.74, 6) is -0.144. The van der Waals surface area contributed by atoms with E-state index in [1.807, 2.05) is 6.92 Å². The third-order valence-electron chi connectivity index (χ3n) is 2.74. The SMILES string of the molecule is CCOCCCNC(=O)C1(C(N)=NO)CC1. The van der Waals surface area contributed by atoms with E-state index in [0.717, 1.165) is 6.42 Å². The van der Waals surface area contributed by atoms with E-state index in [-0.39, 0.29) is 11.7 Å². The van der Waals surface area contributed by atoms with Crippen molar-refractivity contribution in [2.24, 2.45) is 16.3 Å². The molecule has 1 fully saturated rings. The molecule has 1 saturated carbocycles. The summed E-state index contributed by atoms with van der Waals surface area (Å²) in [6, 6.07) is 0. The van der Waals surface area contributed by atoms with E-state index in [2.05, 4.69) is 10.5 Å². The van der Waals surface area contributed by atoms with Gasteiger partial charge in [-0.05, 0) is 26.2 Å². The Kier molecular flexibility index (Phi) is 4.54. The molecule has 4 N–H and O–H groups in total. The number of oxime groups is 1. The van der Waals surface area contributed by atoms with Crippen LogP contribution in [0, 0.1) is 5.41 Å². The summed E-state index contributed by atoms with van der Waals surface area (Å²) < 4.78 is 5.15. The highest BCUT2D eigenvalue weighted by Gasteiger charge is 2.53. The number of hydrogen-bond donors (Lipinski definition) is 3. The zero-order valence-corrected chi connectivity index (χ0v) is 9.53. The average molecular weight is 229 g/mol. The minimum atomic E-state index is -0.750. The fourth-order valence-electron chi connectivity index (χ4n) is 1.51. The zero-order valence-electron chi connectivity index (χ0n) is 9.53. The Hall–Kier alpha value is -1.30. The van der Waals surface area contributed by atoms with Crippen molar-refractivity contribution < 1.29 is 14.7 Å². The van der Waals surface area contributed by atoms with E-state index in [9.17, 15) is 4.79 Å². The fourth-order valence-corrected chi connectivity index (χ4v) is 1.51. The van der Waals surface area contributed by atoms with Crippen LogP contribution in [0.5, 0.6) is 0 Å². The van der Waals surface area contributed by atoms with Crippen LogP contribution < -0.4 is 11.1 Å². The lowest BCUT2D eigenvalue weighted by atomic mass is 10.1. The number of ether oxygens (including phenoxy) is 1. The summed E-state index contributed by atoms with van der Waals surface area (Å²) in [6.45, 7) is 3.80. The number of carbonyl (C=O) groups is 1. The first-order valence-electron chi connectivity index (χ1n) is 5.51. The van der Waals surface area contributed by atoms with Gasteiger partial charge in [0.25, 0.3) is 0 Å². The van der Waals surface area contributed by atoms with Crippen molar-refractivity contribution >= 4 is 11.7 Å². The van der Waals surface area contributed by atoms with Crippen LogP contribution in [0.1, 0.15) is 26.2 Å². The van der Waals surface area contributed by atoms with Crippen molar-refractivity contribution in [3.8, 4) is 0 Å². The van der Waals surface area contributed by atoms with Crippen LogP contribution in [0.25, 0.3) is 0 Å². The highest BCUT2D eigenvalue weighted by molar-refractivity contribution is 6.09. The van der Waals surface area contributed by atoms with Gasteiger partial charge in [-0.1, -0.05) is 5.16 Å². The maximum Gasteiger partial charge on any atom is 0.233 e. The summed E-state index contributed by atoms with van der Waals surface area (Å²) in [7, 11) is 0. The van der Waals surface area contributed by atoms with Crippen LogP contribution >= 0.6 is 0 Å². The van der Waals surface area contributed by atoms with Gasteiger partial charge in [0, 0.05) is 19.8 Å². The molecule has 0 aromatic rings. The molecule has 0 aliphatic heterocycles. The fraction of sp³-hybridized carbons (Fsp3) is 0.800. The minimum absolute atomic E-state index is 0.00908. The van der Waals surface area contributed by atoms with Gasteiger partial charge in [-0.25, -0.2) is 0 Å². The van der Waals surface area contributed by atoms with E-state index >= 15 is 0 Å². The number of rotatable bonds is 7. The average Bonchev–Trinajstić information content (AvgIpc) is 3.08. The van der Waals surface area contributed by atoms with Gasteiger partial charge < -0.3 is 21.0 Å². The Morgan fingerprint density at radius 3 is 2.81 bits per heavy atom. The van der Waals surface area contributed by atoms with Gasteiger partial charge in [0.15, 0.2) is 5.84 Å². The van der Waals surface area contributed by atoms with Gasteiger partial charge in [-0.2, -0.15) is 0 Å². The molecule has 0 atom stereocenters. The number of amides is 1. The number of amidine groups is 1. The van der Waals surface area contributed by atoms with Crippen LogP contribution in [0.4, 0.5) is 0 Å². The predicted octanol–water partition coefficient (Wildman–Crippen LogP) is 0.0558. The van der Waals surface area contributed by atoms with Crippen LogP contribution in [0.2, 0.25) is 0 Å². The monoisotopic (exact) mass is 229 g/mol. The first-order valence-corrected chi connectivity index (χ1v) is 5.51. The Balaban J connectivity index is 2.25. The molecule has 16 heavy (non-hydrogen) atoms. The second-order valence-corrected chi connectivity index (χ2v) is 3.87. The van der Waals surface area contributed by atoms with Gasteiger partial charge in [0.1, 0.15) is 5.41 Å². The third-order valence-corrected chi connectivity index (χ3v) is 2.74. The van der Waals surface area contributed by atoms with E-state index in [0.29, 0.717) is 32.6 Å². The normalized spacial score (nSPS) is 18.2. The molecule has 0 radical (unpaired) electrons. The lowest BCUT2D eigenvalue weighted by molar-refractivity contribution is -0.124. The molecule has 0 heterocycles. The Morgan fingerprint density at radius 1 is 1.62 bits per heavy atom. The Morgan fingerprint density at radius 2 is 2.31 bits per heavy atom. The molecular formula is C10H19N3O3. The molecule has 1 amide bonds. The van der Waals surface area contributed by atoms with Crippen LogP contribution in [0.15, 0.2) is 5.16 Å². The lowest BCUT2D eigenvalue weighted by Crippen LogP contribution is -2.41. The smallest absolute Gasteiger partial charge is 0.233 e. The highest BCUT2D eigenvalue weighted by atomic mass is 16.5. The maximum atomic E-state index is 11.7. The summed E-state index contributed by atoms with van der Waals surface area (Å²) in [4.78, 5) is 11.7. The van der Waals surface area contributed by atoms with Gasteiger partial charge in [-0.15, -0.1) is 0 Å². The van der Waals surface area contributed by atoms with Crippen molar-refractivity contribution in [1.82, 2.24) is 5.32 Å². The number of nitrogens with one attached hydrogen (secondary N) is 1. The van der Waals surface area contributed by atoms with Crippen molar-refractivity contribution in [3.05, 3.63) is 0 Å². The van der Waals surface area contributed by atoms with Crippen LogP contribution in [0.3, 0.4) is 0 Å². The van der Waals surface area contributed by atoms with E-state index in [1.54, 1.807) is 0 Å².